The summed E-state index contributed by atoms with van der Waals surface area (Å²) in [5.74, 6) is -0.802. The Morgan fingerprint density at radius 3 is 2.62 bits per heavy atom. The monoisotopic (exact) mass is 543 g/mol. The zero-order chi connectivity index (χ0) is 28.6. The van der Waals surface area contributed by atoms with Gasteiger partial charge >= 0.3 is 0 Å². The van der Waals surface area contributed by atoms with E-state index >= 15 is 0 Å². The van der Waals surface area contributed by atoms with Gasteiger partial charge in [0.2, 0.25) is 5.91 Å². The summed E-state index contributed by atoms with van der Waals surface area (Å²) >= 11 is 0. The summed E-state index contributed by atoms with van der Waals surface area (Å²) in [4.78, 5) is 45.5. The second kappa shape index (κ2) is 10.9. The molecule has 2 atom stereocenters. The quantitative estimate of drug-likeness (QED) is 0.419. The largest absolute Gasteiger partial charge is 0.377 e. The highest BCUT2D eigenvalue weighted by atomic mass is 16.5. The number of piperidine rings is 1. The van der Waals surface area contributed by atoms with Crippen LogP contribution in [0.5, 0.6) is 0 Å². The van der Waals surface area contributed by atoms with Crippen molar-refractivity contribution >= 4 is 23.4 Å². The average molecular weight is 544 g/mol. The number of fused-ring (bicyclic) bond motifs is 1. The maximum atomic E-state index is 13.7. The Labute approximate surface area is 235 Å². The van der Waals surface area contributed by atoms with Crippen LogP contribution in [0, 0.1) is 5.92 Å². The van der Waals surface area contributed by atoms with Gasteiger partial charge in [0.25, 0.3) is 11.8 Å². The van der Waals surface area contributed by atoms with E-state index < -0.39 is 5.60 Å². The molecule has 1 aromatic heterocycles. The van der Waals surface area contributed by atoms with Gasteiger partial charge in [0, 0.05) is 32.8 Å². The molecule has 40 heavy (non-hydrogen) atoms. The van der Waals surface area contributed by atoms with Crippen LogP contribution in [0.2, 0.25) is 0 Å². The number of carbonyl (C=O) groups excluding carboxylic acids is 3. The number of aromatic nitrogens is 2. The zero-order valence-electron chi connectivity index (χ0n) is 23.8. The molecule has 1 fully saturated rings. The van der Waals surface area contributed by atoms with E-state index in [0.29, 0.717) is 29.9 Å². The van der Waals surface area contributed by atoms with E-state index in [9.17, 15) is 14.4 Å². The van der Waals surface area contributed by atoms with E-state index in [-0.39, 0.29) is 36.2 Å². The van der Waals surface area contributed by atoms with Gasteiger partial charge in [-0.3, -0.25) is 24.4 Å². The second-order valence-corrected chi connectivity index (χ2v) is 11.3. The van der Waals surface area contributed by atoms with Gasteiger partial charge in [0.05, 0.1) is 52.3 Å². The molecule has 2 aliphatic rings. The Kier molecular flexibility index (Phi) is 7.51. The predicted octanol–water partition coefficient (Wildman–Crippen LogP) is 4.53. The van der Waals surface area contributed by atoms with Crippen LogP contribution in [0.1, 0.15) is 66.1 Å². The van der Waals surface area contributed by atoms with Crippen molar-refractivity contribution in [2.24, 2.45) is 5.92 Å². The lowest BCUT2D eigenvalue weighted by Gasteiger charge is -2.37. The number of rotatable bonds is 8. The fourth-order valence-electron chi connectivity index (χ4n) is 5.56. The summed E-state index contributed by atoms with van der Waals surface area (Å²) in [6, 6.07) is 17.1. The Bertz CT molecular complexity index is 1420. The van der Waals surface area contributed by atoms with Gasteiger partial charge < -0.3 is 14.5 Å². The Balaban J connectivity index is 1.32. The molecule has 3 heterocycles. The second-order valence-electron chi connectivity index (χ2n) is 11.3. The number of ether oxygens (including phenoxy) is 1. The lowest BCUT2D eigenvalue weighted by atomic mass is 9.94. The molecule has 2 aromatic carbocycles. The van der Waals surface area contributed by atoms with Crippen molar-refractivity contribution in [1.82, 2.24) is 20.0 Å². The molecular weight excluding hydrogens is 506 g/mol. The number of hydrogen-bond acceptors (Lipinski definition) is 6. The first-order valence-corrected chi connectivity index (χ1v) is 13.8. The van der Waals surface area contributed by atoms with Gasteiger partial charge in [0.15, 0.2) is 0 Å². The third kappa shape index (κ3) is 5.13. The van der Waals surface area contributed by atoms with Crippen molar-refractivity contribution in [3.05, 3.63) is 71.4 Å². The highest BCUT2D eigenvalue weighted by Crippen LogP contribution is 2.35. The number of imide groups is 1. The van der Waals surface area contributed by atoms with Crippen LogP contribution in [-0.2, 0) is 9.53 Å². The van der Waals surface area contributed by atoms with Gasteiger partial charge in [-0.25, -0.2) is 0 Å². The first-order chi connectivity index (χ1) is 19.1. The first-order valence-electron chi connectivity index (χ1n) is 13.8. The van der Waals surface area contributed by atoms with E-state index in [4.69, 9.17) is 4.74 Å². The molecule has 0 spiro atoms. The number of benzene rings is 2. The molecule has 9 nitrogen and oxygen atoms in total. The number of anilines is 1. The van der Waals surface area contributed by atoms with Crippen molar-refractivity contribution < 1.29 is 19.1 Å². The Morgan fingerprint density at radius 2 is 1.90 bits per heavy atom. The summed E-state index contributed by atoms with van der Waals surface area (Å²) in [5, 5.41) is 7.55. The first kappa shape index (κ1) is 27.6. The molecule has 3 aromatic rings. The maximum absolute atomic E-state index is 13.7. The van der Waals surface area contributed by atoms with Crippen LogP contribution in [0.3, 0.4) is 0 Å². The molecule has 0 saturated carbocycles. The van der Waals surface area contributed by atoms with Crippen LogP contribution in [0.15, 0.2) is 54.6 Å². The minimum Gasteiger partial charge on any atom is -0.377 e. The lowest BCUT2D eigenvalue weighted by molar-refractivity contribution is -0.136. The summed E-state index contributed by atoms with van der Waals surface area (Å²) in [6.45, 7) is 7.05. The molecule has 0 unspecified atom stereocenters. The number of hydrogen-bond donors (Lipinski definition) is 1. The third-order valence-corrected chi connectivity index (χ3v) is 8.23. The number of amides is 3. The summed E-state index contributed by atoms with van der Waals surface area (Å²) in [5.41, 5.74) is 3.60. The van der Waals surface area contributed by atoms with Crippen molar-refractivity contribution in [3.8, 4) is 11.3 Å². The normalized spacial score (nSPS) is 18.2. The van der Waals surface area contributed by atoms with Crippen LogP contribution in [0.4, 0.5) is 5.69 Å². The molecule has 1 N–H and O–H groups in total. The molecule has 1 saturated heterocycles. The van der Waals surface area contributed by atoms with Gasteiger partial charge in [-0.15, -0.1) is 0 Å². The SMILES string of the molecule is COC(C)(C)CN1C(=O)c2cccc(N3CCC[C@H](C(=O)N(C)[C@H](C)c4cc(-c5ccccc5)n[nH]4)C3)c2C1=O. The average Bonchev–Trinajstić information content (AvgIpc) is 3.56. The fraction of sp³-hybridized carbons (Fsp3) is 0.419. The molecule has 0 aliphatic carbocycles. The minimum absolute atomic E-state index is 0.0477. The number of H-pyrrole nitrogens is 1. The Morgan fingerprint density at radius 1 is 1.15 bits per heavy atom. The lowest BCUT2D eigenvalue weighted by Crippen LogP contribution is -2.45. The summed E-state index contributed by atoms with van der Waals surface area (Å²) in [7, 11) is 3.40. The summed E-state index contributed by atoms with van der Waals surface area (Å²) in [6.07, 6.45) is 1.58. The van der Waals surface area contributed by atoms with E-state index in [1.165, 1.54) is 4.90 Å². The van der Waals surface area contributed by atoms with Crippen molar-refractivity contribution in [2.45, 2.75) is 45.3 Å². The summed E-state index contributed by atoms with van der Waals surface area (Å²) < 4.78 is 5.47. The fourth-order valence-corrected chi connectivity index (χ4v) is 5.56. The minimum atomic E-state index is -0.659. The number of nitrogens with one attached hydrogen (secondary N) is 1. The molecule has 210 valence electrons. The van der Waals surface area contributed by atoms with Gasteiger partial charge in [-0.1, -0.05) is 36.4 Å². The van der Waals surface area contributed by atoms with Crippen LogP contribution in [0.25, 0.3) is 11.3 Å². The number of carbonyl (C=O) groups is 3. The van der Waals surface area contributed by atoms with Crippen molar-refractivity contribution in [2.75, 3.05) is 38.7 Å². The van der Waals surface area contributed by atoms with E-state index in [2.05, 4.69) is 15.1 Å². The molecule has 0 bridgehead atoms. The molecular formula is C31H37N5O4. The molecule has 9 heteroatoms. The van der Waals surface area contributed by atoms with Crippen molar-refractivity contribution in [3.63, 3.8) is 0 Å². The maximum Gasteiger partial charge on any atom is 0.263 e. The number of methoxy groups -OCH3 is 1. The van der Waals surface area contributed by atoms with Crippen molar-refractivity contribution in [1.29, 1.82) is 0 Å². The van der Waals surface area contributed by atoms with Crippen LogP contribution in [-0.4, -0.2) is 77.1 Å². The van der Waals surface area contributed by atoms with Crippen LogP contribution >= 0.6 is 0 Å². The van der Waals surface area contributed by atoms with E-state index in [1.54, 1.807) is 18.1 Å². The standard InChI is InChI=1S/C31H37N5O4/c1-20(24-17-25(33-32-24)21-11-7-6-8-12-21)34(4)28(37)22-13-10-16-35(18-22)26-15-9-14-23-27(26)30(39)36(29(23)38)19-31(2,3)40-5/h6-9,11-12,14-15,17,20,22H,10,13,16,18-19H2,1-5H3,(H,32,33)/t20-,22+/m1/s1. The molecule has 3 amide bonds. The van der Waals surface area contributed by atoms with Gasteiger partial charge in [-0.2, -0.15) is 5.10 Å². The van der Waals surface area contributed by atoms with Gasteiger partial charge in [-0.05, 0) is 51.8 Å². The smallest absolute Gasteiger partial charge is 0.263 e. The number of aromatic amines is 1. The zero-order valence-corrected chi connectivity index (χ0v) is 23.8. The predicted molar refractivity (Wildman–Crippen MR) is 153 cm³/mol. The van der Waals surface area contributed by atoms with E-state index in [1.807, 2.05) is 76.3 Å². The molecule has 0 radical (unpaired) electrons. The Hall–Kier alpha value is -3.98. The van der Waals surface area contributed by atoms with Crippen LogP contribution < -0.4 is 4.90 Å². The number of nitrogens with zero attached hydrogens (tertiary/aromatic N) is 4. The molecule has 2 aliphatic heterocycles. The highest BCUT2D eigenvalue weighted by Gasteiger charge is 2.42. The third-order valence-electron chi connectivity index (χ3n) is 8.23. The van der Waals surface area contributed by atoms with E-state index in [0.717, 1.165) is 29.8 Å². The molecule has 5 rings (SSSR count). The topological polar surface area (TPSA) is 98.8 Å². The van der Waals surface area contributed by atoms with Gasteiger partial charge in [0.1, 0.15) is 0 Å². The highest BCUT2D eigenvalue weighted by molar-refractivity contribution is 6.23.